The fraction of sp³-hybridized carbons (Fsp3) is 0.300. The van der Waals surface area contributed by atoms with Crippen LogP contribution in [0.3, 0.4) is 0 Å². The van der Waals surface area contributed by atoms with E-state index in [0.717, 1.165) is 16.8 Å². The van der Waals surface area contributed by atoms with Crippen molar-refractivity contribution < 1.29 is 9.59 Å². The number of hydrogen-bond donors (Lipinski definition) is 1. The van der Waals surface area contributed by atoms with Crippen LogP contribution < -0.4 is 5.32 Å². The smallest absolute Gasteiger partial charge is 0.228 e. The van der Waals surface area contributed by atoms with Gasteiger partial charge in [-0.05, 0) is 29.2 Å². The standard InChI is InChI=1S/C20H23NO2/c1-15(2)12-19(22)13-17-8-10-18(11-9-17)21-20(23)14-16-6-4-3-5-7-16/h3-11,15H,12-14H2,1-2H3,(H,21,23). The number of benzene rings is 2. The van der Waals surface area contributed by atoms with Crippen molar-refractivity contribution in [2.24, 2.45) is 5.92 Å². The summed E-state index contributed by atoms with van der Waals surface area (Å²) in [4.78, 5) is 23.8. The molecule has 0 aliphatic rings. The summed E-state index contributed by atoms with van der Waals surface area (Å²) in [6.07, 6.45) is 1.42. The van der Waals surface area contributed by atoms with Gasteiger partial charge in [-0.1, -0.05) is 56.3 Å². The summed E-state index contributed by atoms with van der Waals surface area (Å²) in [6.45, 7) is 4.09. The second-order valence-corrected chi connectivity index (χ2v) is 6.22. The van der Waals surface area contributed by atoms with Crippen LogP contribution >= 0.6 is 0 Å². The highest BCUT2D eigenvalue weighted by atomic mass is 16.1. The molecule has 23 heavy (non-hydrogen) atoms. The highest BCUT2D eigenvalue weighted by Crippen LogP contribution is 2.13. The van der Waals surface area contributed by atoms with Crippen LogP contribution in [0.5, 0.6) is 0 Å². The molecular formula is C20H23NO2. The van der Waals surface area contributed by atoms with Crippen LogP contribution in [-0.2, 0) is 22.4 Å². The molecular weight excluding hydrogens is 286 g/mol. The van der Waals surface area contributed by atoms with Gasteiger partial charge >= 0.3 is 0 Å². The van der Waals surface area contributed by atoms with Crippen molar-refractivity contribution in [3.8, 4) is 0 Å². The average molecular weight is 309 g/mol. The molecule has 2 rings (SSSR count). The van der Waals surface area contributed by atoms with E-state index in [1.165, 1.54) is 0 Å². The Morgan fingerprint density at radius 1 is 0.870 bits per heavy atom. The van der Waals surface area contributed by atoms with E-state index in [2.05, 4.69) is 5.32 Å². The van der Waals surface area contributed by atoms with Gasteiger partial charge in [-0.2, -0.15) is 0 Å². The first-order valence-electron chi connectivity index (χ1n) is 7.97. The number of hydrogen-bond acceptors (Lipinski definition) is 2. The number of carbonyl (C=O) groups is 2. The molecule has 0 unspecified atom stereocenters. The van der Waals surface area contributed by atoms with Gasteiger partial charge in [-0.25, -0.2) is 0 Å². The zero-order valence-electron chi connectivity index (χ0n) is 13.7. The van der Waals surface area contributed by atoms with Crippen molar-refractivity contribution >= 4 is 17.4 Å². The monoisotopic (exact) mass is 309 g/mol. The lowest BCUT2D eigenvalue weighted by Gasteiger charge is -2.07. The third-order valence-electron chi connectivity index (χ3n) is 3.48. The molecule has 0 spiro atoms. The molecule has 0 radical (unpaired) electrons. The van der Waals surface area contributed by atoms with E-state index in [0.29, 0.717) is 25.2 Å². The van der Waals surface area contributed by atoms with E-state index in [9.17, 15) is 9.59 Å². The van der Waals surface area contributed by atoms with Gasteiger partial charge in [0, 0.05) is 18.5 Å². The third-order valence-corrected chi connectivity index (χ3v) is 3.48. The van der Waals surface area contributed by atoms with Crippen LogP contribution in [0.1, 0.15) is 31.4 Å². The van der Waals surface area contributed by atoms with Gasteiger partial charge in [0.05, 0.1) is 6.42 Å². The predicted octanol–water partition coefficient (Wildman–Crippen LogP) is 4.03. The van der Waals surface area contributed by atoms with Gasteiger partial charge in [0.15, 0.2) is 0 Å². The summed E-state index contributed by atoms with van der Waals surface area (Å²) in [5.74, 6) is 0.597. The summed E-state index contributed by atoms with van der Waals surface area (Å²) in [6, 6.07) is 17.1. The number of Topliss-reactive ketones (excluding diaryl/α,β-unsaturated/α-hetero) is 1. The zero-order valence-corrected chi connectivity index (χ0v) is 13.7. The highest BCUT2D eigenvalue weighted by molar-refractivity contribution is 5.92. The highest BCUT2D eigenvalue weighted by Gasteiger charge is 2.07. The quantitative estimate of drug-likeness (QED) is 0.839. The van der Waals surface area contributed by atoms with Crippen LogP contribution in [0.2, 0.25) is 0 Å². The lowest BCUT2D eigenvalue weighted by atomic mass is 10.0. The minimum absolute atomic E-state index is 0.0418. The Morgan fingerprint density at radius 2 is 1.48 bits per heavy atom. The second-order valence-electron chi connectivity index (χ2n) is 6.22. The fourth-order valence-corrected chi connectivity index (χ4v) is 2.45. The first-order valence-corrected chi connectivity index (χ1v) is 7.97. The zero-order chi connectivity index (χ0) is 16.7. The molecule has 0 aromatic heterocycles. The maximum Gasteiger partial charge on any atom is 0.228 e. The molecule has 0 saturated heterocycles. The Bertz CT molecular complexity index is 645. The van der Waals surface area contributed by atoms with Crippen LogP contribution in [0.4, 0.5) is 5.69 Å². The maximum atomic E-state index is 12.0. The van der Waals surface area contributed by atoms with Gasteiger partial charge in [0.2, 0.25) is 5.91 Å². The van der Waals surface area contributed by atoms with E-state index in [4.69, 9.17) is 0 Å². The van der Waals surface area contributed by atoms with Crippen molar-refractivity contribution in [1.82, 2.24) is 0 Å². The molecule has 120 valence electrons. The van der Waals surface area contributed by atoms with Crippen molar-refractivity contribution in [1.29, 1.82) is 0 Å². The SMILES string of the molecule is CC(C)CC(=O)Cc1ccc(NC(=O)Cc2ccccc2)cc1. The average Bonchev–Trinajstić information content (AvgIpc) is 2.49. The first kappa shape index (κ1) is 16.9. The van der Waals surface area contributed by atoms with Crippen LogP contribution in [0.15, 0.2) is 54.6 Å². The summed E-state index contributed by atoms with van der Waals surface area (Å²) in [5.41, 5.74) is 2.73. The number of ketones is 1. The van der Waals surface area contributed by atoms with Gasteiger partial charge in [-0.15, -0.1) is 0 Å². The number of anilines is 1. The van der Waals surface area contributed by atoms with E-state index >= 15 is 0 Å². The number of amides is 1. The van der Waals surface area contributed by atoms with Crippen molar-refractivity contribution in [2.75, 3.05) is 5.32 Å². The van der Waals surface area contributed by atoms with Crippen LogP contribution in [0, 0.1) is 5.92 Å². The Morgan fingerprint density at radius 3 is 2.09 bits per heavy atom. The normalized spacial score (nSPS) is 10.6. The Kier molecular flexibility index (Phi) is 6.10. The van der Waals surface area contributed by atoms with E-state index < -0.39 is 0 Å². The minimum Gasteiger partial charge on any atom is -0.326 e. The largest absolute Gasteiger partial charge is 0.326 e. The molecule has 3 nitrogen and oxygen atoms in total. The summed E-state index contributed by atoms with van der Waals surface area (Å²) >= 11 is 0. The predicted molar refractivity (Wildman–Crippen MR) is 93.4 cm³/mol. The molecule has 0 saturated carbocycles. The van der Waals surface area contributed by atoms with Crippen LogP contribution in [-0.4, -0.2) is 11.7 Å². The molecule has 0 heterocycles. The van der Waals surface area contributed by atoms with E-state index in [1.807, 2.05) is 68.4 Å². The first-order chi connectivity index (χ1) is 11.0. The molecule has 0 atom stereocenters. The molecule has 2 aromatic carbocycles. The number of nitrogens with one attached hydrogen (secondary N) is 1. The Labute approximate surface area is 137 Å². The van der Waals surface area contributed by atoms with E-state index in [-0.39, 0.29) is 11.7 Å². The molecule has 0 aliphatic carbocycles. The minimum atomic E-state index is -0.0418. The van der Waals surface area contributed by atoms with Gasteiger partial charge in [0.1, 0.15) is 5.78 Å². The molecule has 0 bridgehead atoms. The summed E-state index contributed by atoms with van der Waals surface area (Å²) < 4.78 is 0. The Balaban J connectivity index is 1.87. The molecule has 0 aliphatic heterocycles. The second kappa shape index (κ2) is 8.28. The molecule has 1 amide bonds. The molecule has 2 aromatic rings. The number of rotatable bonds is 7. The van der Waals surface area contributed by atoms with Crippen molar-refractivity contribution in [2.45, 2.75) is 33.1 Å². The summed E-state index contributed by atoms with van der Waals surface area (Å²) in [5, 5.41) is 2.88. The van der Waals surface area contributed by atoms with E-state index in [1.54, 1.807) is 0 Å². The lowest BCUT2D eigenvalue weighted by Crippen LogP contribution is -2.14. The Hall–Kier alpha value is -2.42. The van der Waals surface area contributed by atoms with Crippen LogP contribution in [0.25, 0.3) is 0 Å². The van der Waals surface area contributed by atoms with Gasteiger partial charge < -0.3 is 5.32 Å². The third kappa shape index (κ3) is 6.07. The fourth-order valence-electron chi connectivity index (χ4n) is 2.45. The van der Waals surface area contributed by atoms with Crippen molar-refractivity contribution in [3.63, 3.8) is 0 Å². The summed E-state index contributed by atoms with van der Waals surface area (Å²) in [7, 11) is 0. The lowest BCUT2D eigenvalue weighted by molar-refractivity contribution is -0.119. The van der Waals surface area contributed by atoms with Crippen molar-refractivity contribution in [3.05, 3.63) is 65.7 Å². The molecule has 0 fully saturated rings. The number of carbonyl (C=O) groups excluding carboxylic acids is 2. The van der Waals surface area contributed by atoms with Gasteiger partial charge in [-0.3, -0.25) is 9.59 Å². The molecule has 1 N–H and O–H groups in total. The topological polar surface area (TPSA) is 46.2 Å². The van der Waals surface area contributed by atoms with Gasteiger partial charge in [0.25, 0.3) is 0 Å². The maximum absolute atomic E-state index is 12.0. The molecule has 3 heteroatoms.